The Labute approximate surface area is 292 Å². The quantitative estimate of drug-likeness (QED) is 0.169. The van der Waals surface area contributed by atoms with E-state index < -0.39 is 0 Å². The van der Waals surface area contributed by atoms with Crippen LogP contribution in [0.1, 0.15) is 0 Å². The first-order valence-corrected chi connectivity index (χ1v) is 17.1. The molecule has 9 aromatic rings. The summed E-state index contributed by atoms with van der Waals surface area (Å²) in [5.41, 5.74) is 14.2. The van der Waals surface area contributed by atoms with E-state index >= 15 is 0 Å². The zero-order valence-electron chi connectivity index (χ0n) is 27.5. The monoisotopic (exact) mass is 638 g/mol. The summed E-state index contributed by atoms with van der Waals surface area (Å²) in [4.78, 5) is 2.32. The molecule has 0 atom stereocenters. The maximum atomic E-state index is 2.36. The Balaban J connectivity index is 1.04. The minimum absolute atomic E-state index is 1.11. The van der Waals surface area contributed by atoms with Gasteiger partial charge in [-0.25, -0.2) is 0 Å². The minimum atomic E-state index is 1.11. The van der Waals surface area contributed by atoms with E-state index in [0.29, 0.717) is 0 Å². The maximum absolute atomic E-state index is 2.36. The van der Waals surface area contributed by atoms with Crippen molar-refractivity contribution >= 4 is 38.9 Å². The number of benzene rings is 8. The van der Waals surface area contributed by atoms with E-state index in [4.69, 9.17) is 0 Å². The number of aromatic nitrogens is 1. The topological polar surface area (TPSA) is 8.17 Å². The summed E-state index contributed by atoms with van der Waals surface area (Å²) in [5, 5.41) is 2.52. The molecule has 0 spiro atoms. The van der Waals surface area contributed by atoms with Gasteiger partial charge in [0.05, 0.1) is 11.0 Å². The molecule has 236 valence electrons. The average Bonchev–Trinajstić information content (AvgIpc) is 3.53. The van der Waals surface area contributed by atoms with Crippen molar-refractivity contribution in [3.8, 4) is 39.1 Å². The van der Waals surface area contributed by atoms with Crippen molar-refractivity contribution in [2.45, 2.75) is 0 Å². The van der Waals surface area contributed by atoms with Gasteiger partial charge < -0.3 is 9.47 Å². The summed E-state index contributed by atoms with van der Waals surface area (Å²) in [6.45, 7) is 0. The molecule has 8 aromatic carbocycles. The second kappa shape index (κ2) is 12.8. The van der Waals surface area contributed by atoms with E-state index in [-0.39, 0.29) is 0 Å². The third-order valence-electron chi connectivity index (χ3n) is 9.61. The van der Waals surface area contributed by atoms with Crippen LogP contribution in [-0.4, -0.2) is 4.57 Å². The van der Waals surface area contributed by atoms with Crippen molar-refractivity contribution in [2.24, 2.45) is 0 Å². The van der Waals surface area contributed by atoms with Crippen molar-refractivity contribution in [2.75, 3.05) is 4.90 Å². The van der Waals surface area contributed by atoms with Crippen LogP contribution in [0.5, 0.6) is 0 Å². The molecule has 0 unspecified atom stereocenters. The fourth-order valence-corrected chi connectivity index (χ4v) is 7.12. The van der Waals surface area contributed by atoms with Gasteiger partial charge >= 0.3 is 0 Å². The number of hydrogen-bond donors (Lipinski definition) is 0. The van der Waals surface area contributed by atoms with E-state index in [1.807, 2.05) is 0 Å². The number of hydrogen-bond acceptors (Lipinski definition) is 1. The molecular weight excluding hydrogens is 605 g/mol. The summed E-state index contributed by atoms with van der Waals surface area (Å²) in [7, 11) is 0. The van der Waals surface area contributed by atoms with Crippen molar-refractivity contribution in [1.82, 2.24) is 4.57 Å². The minimum Gasteiger partial charge on any atom is -0.311 e. The number of nitrogens with zero attached hydrogens (tertiary/aromatic N) is 2. The van der Waals surface area contributed by atoms with Gasteiger partial charge in [0, 0.05) is 33.5 Å². The molecular formula is C48H34N2. The lowest BCUT2D eigenvalue weighted by atomic mass is 10.00. The SMILES string of the molecule is c1ccc(-c2ccc(-c3ccc(N(c4ccccc4)c4ccc(-c5ccc6c(c5)c5ccccc5n6-c5ccccc5)cc4)cc3)cc2)cc1. The lowest BCUT2D eigenvalue weighted by Crippen LogP contribution is -2.09. The van der Waals surface area contributed by atoms with Gasteiger partial charge in [-0.1, -0.05) is 140 Å². The largest absolute Gasteiger partial charge is 0.311 e. The van der Waals surface area contributed by atoms with Crippen LogP contribution in [0, 0.1) is 0 Å². The first-order chi connectivity index (χ1) is 24.8. The predicted octanol–water partition coefficient (Wildman–Crippen LogP) is 13.3. The third kappa shape index (κ3) is 5.43. The van der Waals surface area contributed by atoms with Crippen molar-refractivity contribution in [3.05, 3.63) is 206 Å². The van der Waals surface area contributed by atoms with Gasteiger partial charge in [-0.15, -0.1) is 0 Å². The molecule has 0 saturated heterocycles. The van der Waals surface area contributed by atoms with Gasteiger partial charge in [-0.2, -0.15) is 0 Å². The highest BCUT2D eigenvalue weighted by molar-refractivity contribution is 6.10. The second-order valence-electron chi connectivity index (χ2n) is 12.6. The van der Waals surface area contributed by atoms with Crippen LogP contribution < -0.4 is 4.90 Å². The zero-order valence-corrected chi connectivity index (χ0v) is 27.5. The number of anilines is 3. The first-order valence-electron chi connectivity index (χ1n) is 17.1. The Hall–Kier alpha value is -6.64. The molecule has 0 aliphatic carbocycles. The highest BCUT2D eigenvalue weighted by Crippen LogP contribution is 2.38. The van der Waals surface area contributed by atoms with Crippen LogP contribution in [0.3, 0.4) is 0 Å². The lowest BCUT2D eigenvalue weighted by Gasteiger charge is -2.26. The average molecular weight is 639 g/mol. The van der Waals surface area contributed by atoms with Gasteiger partial charge in [0.1, 0.15) is 0 Å². The maximum Gasteiger partial charge on any atom is 0.0541 e. The molecule has 0 amide bonds. The van der Waals surface area contributed by atoms with E-state index in [2.05, 4.69) is 216 Å². The highest BCUT2D eigenvalue weighted by atomic mass is 15.1. The number of fused-ring (bicyclic) bond motifs is 3. The Morgan fingerprint density at radius 1 is 0.280 bits per heavy atom. The molecule has 2 heteroatoms. The number of rotatable bonds is 7. The van der Waals surface area contributed by atoms with Crippen LogP contribution in [0.25, 0.3) is 60.9 Å². The van der Waals surface area contributed by atoms with Crippen molar-refractivity contribution < 1.29 is 0 Å². The van der Waals surface area contributed by atoms with Gasteiger partial charge in [0.25, 0.3) is 0 Å². The fourth-order valence-electron chi connectivity index (χ4n) is 7.12. The molecule has 2 nitrogen and oxygen atoms in total. The summed E-state index contributed by atoms with van der Waals surface area (Å²) in [6.07, 6.45) is 0. The molecule has 50 heavy (non-hydrogen) atoms. The van der Waals surface area contributed by atoms with Gasteiger partial charge in [-0.3, -0.25) is 0 Å². The summed E-state index contributed by atoms with van der Waals surface area (Å²) >= 11 is 0. The van der Waals surface area contributed by atoms with E-state index in [1.165, 1.54) is 60.9 Å². The first kappa shape index (κ1) is 29.5. The molecule has 1 heterocycles. The molecule has 0 saturated carbocycles. The number of para-hydroxylation sites is 3. The van der Waals surface area contributed by atoms with Crippen molar-refractivity contribution in [3.63, 3.8) is 0 Å². The van der Waals surface area contributed by atoms with Crippen LogP contribution in [0.2, 0.25) is 0 Å². The van der Waals surface area contributed by atoms with Crippen LogP contribution in [-0.2, 0) is 0 Å². The molecule has 0 fully saturated rings. The normalized spacial score (nSPS) is 11.2. The molecule has 1 aromatic heterocycles. The van der Waals surface area contributed by atoms with Gasteiger partial charge in [-0.05, 0) is 100 Å². The zero-order chi connectivity index (χ0) is 33.3. The van der Waals surface area contributed by atoms with Crippen LogP contribution >= 0.6 is 0 Å². The Morgan fingerprint density at radius 3 is 1.28 bits per heavy atom. The summed E-state index contributed by atoms with van der Waals surface area (Å²) < 4.78 is 2.36. The molecule has 9 rings (SSSR count). The lowest BCUT2D eigenvalue weighted by molar-refractivity contribution is 1.18. The van der Waals surface area contributed by atoms with E-state index in [1.54, 1.807) is 0 Å². The van der Waals surface area contributed by atoms with Gasteiger partial charge in [0.2, 0.25) is 0 Å². The van der Waals surface area contributed by atoms with Crippen molar-refractivity contribution in [1.29, 1.82) is 0 Å². The second-order valence-corrected chi connectivity index (χ2v) is 12.6. The Bertz CT molecular complexity index is 2530. The molecule has 0 aliphatic heterocycles. The van der Waals surface area contributed by atoms with E-state index in [0.717, 1.165) is 17.1 Å². The predicted molar refractivity (Wildman–Crippen MR) is 212 cm³/mol. The van der Waals surface area contributed by atoms with Gasteiger partial charge in [0.15, 0.2) is 0 Å². The highest BCUT2D eigenvalue weighted by Gasteiger charge is 2.15. The fraction of sp³-hybridized carbons (Fsp3) is 0. The van der Waals surface area contributed by atoms with E-state index in [9.17, 15) is 0 Å². The van der Waals surface area contributed by atoms with Crippen LogP contribution in [0.4, 0.5) is 17.1 Å². The third-order valence-corrected chi connectivity index (χ3v) is 9.61. The summed E-state index contributed by atoms with van der Waals surface area (Å²) in [5.74, 6) is 0. The molecule has 0 aliphatic rings. The summed E-state index contributed by atoms with van der Waals surface area (Å²) in [6, 6.07) is 73.9. The Kier molecular flexibility index (Phi) is 7.53. The molecule has 0 bridgehead atoms. The molecule has 0 radical (unpaired) electrons. The molecule has 0 N–H and O–H groups in total. The van der Waals surface area contributed by atoms with Crippen LogP contribution in [0.15, 0.2) is 206 Å². The smallest absolute Gasteiger partial charge is 0.0541 e. The Morgan fingerprint density at radius 2 is 0.680 bits per heavy atom. The standard InChI is InChI=1S/C48H34N2/c1-4-12-35(13-5-1)36-20-22-37(23-21-36)38-24-29-43(30-25-38)49(41-14-6-2-7-15-41)44-31-26-39(27-32-44)40-28-33-48-46(34-40)45-18-10-11-19-47(45)50(48)42-16-8-3-9-17-42/h1-34H.